The Morgan fingerprint density at radius 1 is 1.38 bits per heavy atom. The van der Waals surface area contributed by atoms with E-state index in [1.54, 1.807) is 0 Å². The number of hydrogen-bond acceptors (Lipinski definition) is 3. The van der Waals surface area contributed by atoms with E-state index in [2.05, 4.69) is 15.4 Å². The number of urea groups is 1. The molecule has 0 atom stereocenters. The number of carbonyl (C=O) groups is 2. The van der Waals surface area contributed by atoms with E-state index in [0.29, 0.717) is 16.3 Å². The molecule has 2 N–H and O–H groups in total. The van der Waals surface area contributed by atoms with Crippen LogP contribution in [0.15, 0.2) is 18.2 Å². The van der Waals surface area contributed by atoms with Crippen LogP contribution >= 0.6 is 11.6 Å². The van der Waals surface area contributed by atoms with Crippen molar-refractivity contribution in [2.24, 2.45) is 0 Å². The van der Waals surface area contributed by atoms with Gasteiger partial charge in [-0.25, -0.2) is 9.59 Å². The van der Waals surface area contributed by atoms with Crippen molar-refractivity contribution in [1.82, 2.24) is 5.32 Å². The molecule has 16 heavy (non-hydrogen) atoms. The van der Waals surface area contributed by atoms with Crippen molar-refractivity contribution in [2.75, 3.05) is 19.5 Å². The predicted molar refractivity (Wildman–Crippen MR) is 60.9 cm³/mol. The zero-order chi connectivity index (χ0) is 12.1. The maximum absolute atomic E-state index is 11.2. The van der Waals surface area contributed by atoms with Crippen molar-refractivity contribution in [2.45, 2.75) is 0 Å². The predicted octanol–water partition coefficient (Wildman–Crippen LogP) is 1.88. The highest BCUT2D eigenvalue weighted by Crippen LogP contribution is 2.23. The Morgan fingerprint density at radius 2 is 2.06 bits per heavy atom. The van der Waals surface area contributed by atoms with Gasteiger partial charge >= 0.3 is 12.0 Å². The highest BCUT2D eigenvalue weighted by atomic mass is 35.5. The molecule has 1 rings (SSSR count). The maximum atomic E-state index is 11.2. The minimum atomic E-state index is -0.489. The number of hydrogen-bond donors (Lipinski definition) is 2. The Balaban J connectivity index is 2.99. The second-order valence-electron chi connectivity index (χ2n) is 2.89. The number of nitrogens with one attached hydrogen (secondary N) is 2. The van der Waals surface area contributed by atoms with Crippen molar-refractivity contribution >= 4 is 29.3 Å². The van der Waals surface area contributed by atoms with E-state index in [9.17, 15) is 9.59 Å². The minimum absolute atomic E-state index is 0.318. The first-order valence-electron chi connectivity index (χ1n) is 4.45. The molecule has 0 radical (unpaired) electrons. The summed E-state index contributed by atoms with van der Waals surface area (Å²) in [6.45, 7) is 0. The van der Waals surface area contributed by atoms with Gasteiger partial charge in [-0.2, -0.15) is 0 Å². The summed E-state index contributed by atoms with van der Waals surface area (Å²) in [6.07, 6.45) is 0. The molecular formula is C10H11ClN2O3. The van der Waals surface area contributed by atoms with Crippen LogP contribution in [0.2, 0.25) is 5.02 Å². The summed E-state index contributed by atoms with van der Waals surface area (Å²) in [5, 5.41) is 5.21. The number of halogens is 1. The van der Waals surface area contributed by atoms with Crippen LogP contribution in [0, 0.1) is 0 Å². The zero-order valence-electron chi connectivity index (χ0n) is 8.83. The van der Waals surface area contributed by atoms with E-state index in [1.807, 2.05) is 0 Å². The molecule has 2 amide bonds. The van der Waals surface area contributed by atoms with Gasteiger partial charge in [0.15, 0.2) is 0 Å². The molecule has 0 aliphatic heterocycles. The topological polar surface area (TPSA) is 67.4 Å². The summed E-state index contributed by atoms with van der Waals surface area (Å²) >= 11 is 5.85. The Morgan fingerprint density at radius 3 is 2.62 bits per heavy atom. The number of carbonyl (C=O) groups excluding carboxylic acids is 2. The van der Waals surface area contributed by atoms with Gasteiger partial charge in [0.1, 0.15) is 0 Å². The van der Waals surface area contributed by atoms with Crippen LogP contribution in [0.3, 0.4) is 0 Å². The summed E-state index contributed by atoms with van der Waals surface area (Å²) in [5.74, 6) is -0.489. The molecule has 0 unspecified atom stereocenters. The standard InChI is InChI=1S/C10H11ClN2O3/c1-12-10(15)13-8-5-6(9(14)16-2)3-4-7(8)11/h3-5H,1-2H3,(H2,12,13,15). The Bertz CT molecular complexity index is 421. The van der Waals surface area contributed by atoms with E-state index in [-0.39, 0.29) is 0 Å². The number of benzene rings is 1. The van der Waals surface area contributed by atoms with Gasteiger partial charge in [0, 0.05) is 7.05 Å². The first-order valence-corrected chi connectivity index (χ1v) is 4.83. The molecule has 0 heterocycles. The van der Waals surface area contributed by atoms with Crippen LogP contribution in [-0.4, -0.2) is 26.2 Å². The largest absolute Gasteiger partial charge is 0.465 e. The van der Waals surface area contributed by atoms with E-state index >= 15 is 0 Å². The second-order valence-corrected chi connectivity index (χ2v) is 3.30. The van der Waals surface area contributed by atoms with Gasteiger partial charge in [-0.05, 0) is 18.2 Å². The monoisotopic (exact) mass is 242 g/mol. The third-order valence-electron chi connectivity index (χ3n) is 1.86. The van der Waals surface area contributed by atoms with E-state index in [1.165, 1.54) is 32.4 Å². The van der Waals surface area contributed by atoms with Gasteiger partial charge in [0.05, 0.1) is 23.4 Å². The van der Waals surface area contributed by atoms with Gasteiger partial charge < -0.3 is 15.4 Å². The molecule has 0 aliphatic rings. The van der Waals surface area contributed by atoms with Crippen LogP contribution in [0.25, 0.3) is 0 Å². The lowest BCUT2D eigenvalue weighted by Crippen LogP contribution is -2.24. The summed E-state index contributed by atoms with van der Waals surface area (Å²) in [6, 6.07) is 4.06. The summed E-state index contributed by atoms with van der Waals surface area (Å²) < 4.78 is 4.55. The fourth-order valence-electron chi connectivity index (χ4n) is 1.05. The molecule has 0 aliphatic carbocycles. The summed E-state index contributed by atoms with van der Waals surface area (Å²) in [7, 11) is 2.76. The second kappa shape index (κ2) is 5.37. The molecule has 1 aromatic carbocycles. The third-order valence-corrected chi connectivity index (χ3v) is 2.19. The smallest absolute Gasteiger partial charge is 0.337 e. The highest BCUT2D eigenvalue weighted by molar-refractivity contribution is 6.33. The van der Waals surface area contributed by atoms with Gasteiger partial charge in [-0.1, -0.05) is 11.6 Å². The molecule has 0 fully saturated rings. The molecule has 0 bridgehead atoms. The molecule has 6 heteroatoms. The lowest BCUT2D eigenvalue weighted by atomic mass is 10.2. The lowest BCUT2D eigenvalue weighted by Gasteiger charge is -2.08. The Labute approximate surface area is 97.7 Å². The molecule has 0 saturated heterocycles. The van der Waals surface area contributed by atoms with Crippen LogP contribution < -0.4 is 10.6 Å². The first-order chi connectivity index (χ1) is 7.58. The number of anilines is 1. The third kappa shape index (κ3) is 2.87. The number of ether oxygens (including phenoxy) is 1. The Kier molecular flexibility index (Phi) is 4.13. The Hall–Kier alpha value is -1.75. The number of amides is 2. The summed E-state index contributed by atoms with van der Waals surface area (Å²) in [4.78, 5) is 22.3. The van der Waals surface area contributed by atoms with E-state index in [4.69, 9.17) is 11.6 Å². The molecule has 0 spiro atoms. The van der Waals surface area contributed by atoms with Gasteiger partial charge in [0.25, 0.3) is 0 Å². The van der Waals surface area contributed by atoms with E-state index < -0.39 is 12.0 Å². The summed E-state index contributed by atoms with van der Waals surface area (Å²) in [5.41, 5.74) is 0.669. The minimum Gasteiger partial charge on any atom is -0.465 e. The quantitative estimate of drug-likeness (QED) is 0.778. The number of methoxy groups -OCH3 is 1. The number of esters is 1. The lowest BCUT2D eigenvalue weighted by molar-refractivity contribution is 0.0601. The van der Waals surface area contributed by atoms with Gasteiger partial charge in [0.2, 0.25) is 0 Å². The van der Waals surface area contributed by atoms with Crippen molar-refractivity contribution in [3.8, 4) is 0 Å². The van der Waals surface area contributed by atoms with Crippen LogP contribution in [0.4, 0.5) is 10.5 Å². The molecular weight excluding hydrogens is 232 g/mol. The first kappa shape index (κ1) is 12.3. The zero-order valence-corrected chi connectivity index (χ0v) is 9.59. The van der Waals surface area contributed by atoms with Gasteiger partial charge in [-0.15, -0.1) is 0 Å². The SMILES string of the molecule is CNC(=O)Nc1cc(C(=O)OC)ccc1Cl. The fraction of sp³-hybridized carbons (Fsp3) is 0.200. The van der Waals surface area contributed by atoms with E-state index in [0.717, 1.165) is 0 Å². The molecule has 1 aromatic rings. The average molecular weight is 243 g/mol. The maximum Gasteiger partial charge on any atom is 0.337 e. The molecule has 0 aromatic heterocycles. The fourth-order valence-corrected chi connectivity index (χ4v) is 1.22. The highest BCUT2D eigenvalue weighted by Gasteiger charge is 2.10. The van der Waals surface area contributed by atoms with Crippen LogP contribution in [0.5, 0.6) is 0 Å². The van der Waals surface area contributed by atoms with Gasteiger partial charge in [-0.3, -0.25) is 0 Å². The molecule has 5 nitrogen and oxygen atoms in total. The number of rotatable bonds is 2. The van der Waals surface area contributed by atoms with Crippen molar-refractivity contribution < 1.29 is 14.3 Å². The average Bonchev–Trinajstić information content (AvgIpc) is 2.30. The molecule has 86 valence electrons. The normalized spacial score (nSPS) is 9.44. The van der Waals surface area contributed by atoms with Crippen molar-refractivity contribution in [3.05, 3.63) is 28.8 Å². The van der Waals surface area contributed by atoms with Crippen molar-refractivity contribution in [1.29, 1.82) is 0 Å². The molecule has 0 saturated carbocycles. The van der Waals surface area contributed by atoms with Crippen molar-refractivity contribution in [3.63, 3.8) is 0 Å². The van der Waals surface area contributed by atoms with Crippen LogP contribution in [-0.2, 0) is 4.74 Å². The van der Waals surface area contributed by atoms with Crippen LogP contribution in [0.1, 0.15) is 10.4 Å².